The Kier molecular flexibility index (Phi) is 38.0. The number of amides is 1. The number of allylic oxidation sites excluding steroid dienone is 5. The molecule has 9 heteroatoms. The lowest BCUT2D eigenvalue weighted by atomic mass is 9.99. The van der Waals surface area contributed by atoms with Crippen molar-refractivity contribution in [1.82, 2.24) is 5.32 Å². The average molecular weight is 836 g/mol. The van der Waals surface area contributed by atoms with Gasteiger partial charge in [-0.2, -0.15) is 0 Å². The smallest absolute Gasteiger partial charge is 0.220 e. The van der Waals surface area contributed by atoms with Gasteiger partial charge in [0.1, 0.15) is 24.4 Å². The van der Waals surface area contributed by atoms with E-state index < -0.39 is 49.5 Å². The van der Waals surface area contributed by atoms with Gasteiger partial charge in [-0.25, -0.2) is 0 Å². The molecule has 7 unspecified atom stereocenters. The highest BCUT2D eigenvalue weighted by Gasteiger charge is 2.44. The molecule has 0 radical (unpaired) electrons. The van der Waals surface area contributed by atoms with E-state index in [1.165, 1.54) is 148 Å². The summed E-state index contributed by atoms with van der Waals surface area (Å²) in [5.74, 6) is -0.191. The number of hydrogen-bond acceptors (Lipinski definition) is 8. The minimum Gasteiger partial charge on any atom is -0.394 e. The van der Waals surface area contributed by atoms with E-state index in [-0.39, 0.29) is 12.5 Å². The van der Waals surface area contributed by atoms with Crippen LogP contribution in [0.5, 0.6) is 0 Å². The van der Waals surface area contributed by atoms with Crippen LogP contribution in [0.15, 0.2) is 36.5 Å². The van der Waals surface area contributed by atoms with Crippen LogP contribution in [0.3, 0.4) is 0 Å². The average Bonchev–Trinajstić information content (AvgIpc) is 3.23. The molecule has 1 fully saturated rings. The summed E-state index contributed by atoms with van der Waals surface area (Å²) in [7, 11) is 0. The molecule has 0 aromatic carbocycles. The number of carbonyl (C=O) groups excluding carboxylic acids is 1. The molecule has 0 saturated carbocycles. The van der Waals surface area contributed by atoms with E-state index >= 15 is 0 Å². The second-order valence-corrected chi connectivity index (χ2v) is 17.2. The summed E-state index contributed by atoms with van der Waals surface area (Å²) >= 11 is 0. The van der Waals surface area contributed by atoms with Crippen molar-refractivity contribution < 1.29 is 39.8 Å². The minimum absolute atomic E-state index is 0.191. The van der Waals surface area contributed by atoms with Gasteiger partial charge in [0, 0.05) is 6.42 Å². The molecule has 0 aliphatic carbocycles. The molecule has 6 N–H and O–H groups in total. The van der Waals surface area contributed by atoms with Gasteiger partial charge in [0.25, 0.3) is 0 Å². The molecule has 0 bridgehead atoms. The maximum Gasteiger partial charge on any atom is 0.220 e. The molecule has 1 saturated heterocycles. The van der Waals surface area contributed by atoms with Gasteiger partial charge < -0.3 is 40.3 Å². The third-order valence-corrected chi connectivity index (χ3v) is 11.7. The topological polar surface area (TPSA) is 149 Å². The first kappa shape index (κ1) is 55.4. The van der Waals surface area contributed by atoms with Gasteiger partial charge in [0.05, 0.1) is 25.4 Å². The van der Waals surface area contributed by atoms with Crippen LogP contribution in [0.1, 0.15) is 219 Å². The van der Waals surface area contributed by atoms with Crippen LogP contribution in [-0.4, -0.2) is 87.5 Å². The second-order valence-electron chi connectivity index (χ2n) is 17.2. The SMILES string of the molecule is CCCCCCCCCCC/C=C/CC/C=C/C(O)C(COC1OC(CO)C(O)C(O)C1O)NC(=O)CCCCCCCCC/C=C\CCCCCCCCCCCC. The fourth-order valence-electron chi connectivity index (χ4n) is 7.70. The van der Waals surface area contributed by atoms with Crippen LogP contribution in [-0.2, 0) is 14.3 Å². The molecule has 1 rings (SSSR count). The number of rotatable bonds is 41. The molecule has 1 heterocycles. The Morgan fingerprint density at radius 2 is 0.966 bits per heavy atom. The fourth-order valence-corrected chi connectivity index (χ4v) is 7.70. The molecule has 0 aromatic rings. The van der Waals surface area contributed by atoms with Crippen LogP contribution in [0.25, 0.3) is 0 Å². The summed E-state index contributed by atoms with van der Waals surface area (Å²) in [4.78, 5) is 13.0. The van der Waals surface area contributed by atoms with E-state index in [0.29, 0.717) is 6.42 Å². The number of unbranched alkanes of at least 4 members (excludes halogenated alkanes) is 27. The van der Waals surface area contributed by atoms with Crippen LogP contribution in [0.2, 0.25) is 0 Å². The molecule has 1 aliphatic heterocycles. The first-order valence-corrected chi connectivity index (χ1v) is 24.7. The Labute approximate surface area is 361 Å². The summed E-state index contributed by atoms with van der Waals surface area (Å²) in [6.45, 7) is 3.76. The summed E-state index contributed by atoms with van der Waals surface area (Å²) in [6.07, 6.45) is 43.3. The van der Waals surface area contributed by atoms with Crippen molar-refractivity contribution in [1.29, 1.82) is 0 Å². The Morgan fingerprint density at radius 3 is 1.42 bits per heavy atom. The monoisotopic (exact) mass is 836 g/mol. The molecular formula is C50H93NO8. The normalized spacial score (nSPS) is 21.0. The van der Waals surface area contributed by atoms with Gasteiger partial charge in [-0.15, -0.1) is 0 Å². The molecule has 1 amide bonds. The number of aliphatic hydroxyl groups is 5. The van der Waals surface area contributed by atoms with E-state index in [1.54, 1.807) is 6.08 Å². The molecule has 9 nitrogen and oxygen atoms in total. The molecule has 1 aliphatic rings. The number of ether oxygens (including phenoxy) is 2. The Hall–Kier alpha value is -1.59. The standard InChI is InChI=1S/C50H93NO8/c1-3-5-7-9-11-13-15-17-19-20-21-22-23-24-26-28-30-32-34-36-38-40-46(54)51-43(42-58-50-49(57)48(56)47(55)45(41-52)59-50)44(53)39-37-35-33-31-29-27-25-18-16-14-12-10-8-6-4-2/h22-23,29,31,37,39,43-45,47-50,52-53,55-57H,3-21,24-28,30,32-36,38,40-42H2,1-2H3,(H,51,54)/b23-22-,31-29+,39-37+. The van der Waals surface area contributed by atoms with Crippen molar-refractivity contribution in [3.05, 3.63) is 36.5 Å². The molecular weight excluding hydrogens is 743 g/mol. The zero-order valence-corrected chi connectivity index (χ0v) is 38.0. The Balaban J connectivity index is 2.32. The van der Waals surface area contributed by atoms with Crippen LogP contribution < -0.4 is 5.32 Å². The van der Waals surface area contributed by atoms with E-state index in [1.807, 2.05) is 6.08 Å². The molecule has 59 heavy (non-hydrogen) atoms. The third-order valence-electron chi connectivity index (χ3n) is 11.7. The number of nitrogens with one attached hydrogen (secondary N) is 1. The van der Waals surface area contributed by atoms with Gasteiger partial charge in [0.2, 0.25) is 5.91 Å². The van der Waals surface area contributed by atoms with Crippen molar-refractivity contribution >= 4 is 5.91 Å². The lowest BCUT2D eigenvalue weighted by Crippen LogP contribution is -2.60. The highest BCUT2D eigenvalue weighted by atomic mass is 16.7. The van der Waals surface area contributed by atoms with E-state index in [2.05, 4.69) is 43.5 Å². The van der Waals surface area contributed by atoms with Crippen LogP contribution in [0, 0.1) is 0 Å². The van der Waals surface area contributed by atoms with Crippen molar-refractivity contribution in [3.8, 4) is 0 Å². The van der Waals surface area contributed by atoms with Gasteiger partial charge in [-0.3, -0.25) is 4.79 Å². The van der Waals surface area contributed by atoms with E-state index in [0.717, 1.165) is 51.4 Å². The Bertz CT molecular complexity index is 1020. The molecule has 7 atom stereocenters. The predicted molar refractivity (Wildman–Crippen MR) is 244 cm³/mol. The highest BCUT2D eigenvalue weighted by molar-refractivity contribution is 5.76. The zero-order valence-electron chi connectivity index (χ0n) is 38.0. The van der Waals surface area contributed by atoms with Crippen molar-refractivity contribution in [2.24, 2.45) is 0 Å². The quantitative estimate of drug-likeness (QED) is 0.0263. The zero-order chi connectivity index (χ0) is 43.0. The van der Waals surface area contributed by atoms with Gasteiger partial charge in [-0.1, -0.05) is 192 Å². The summed E-state index contributed by atoms with van der Waals surface area (Å²) in [6, 6.07) is -0.822. The molecule has 346 valence electrons. The van der Waals surface area contributed by atoms with Crippen LogP contribution >= 0.6 is 0 Å². The third kappa shape index (κ3) is 31.0. The number of carbonyl (C=O) groups is 1. The maximum absolute atomic E-state index is 13.0. The largest absolute Gasteiger partial charge is 0.394 e. The Morgan fingerprint density at radius 1 is 0.559 bits per heavy atom. The van der Waals surface area contributed by atoms with Gasteiger partial charge in [0.15, 0.2) is 6.29 Å². The minimum atomic E-state index is -1.57. The number of aliphatic hydroxyl groups excluding tert-OH is 5. The van der Waals surface area contributed by atoms with Crippen molar-refractivity contribution in [2.75, 3.05) is 13.2 Å². The first-order valence-electron chi connectivity index (χ1n) is 24.7. The maximum atomic E-state index is 13.0. The lowest BCUT2D eigenvalue weighted by molar-refractivity contribution is -0.302. The van der Waals surface area contributed by atoms with Crippen molar-refractivity contribution in [2.45, 2.75) is 262 Å². The van der Waals surface area contributed by atoms with Gasteiger partial charge in [-0.05, 0) is 57.8 Å². The van der Waals surface area contributed by atoms with E-state index in [4.69, 9.17) is 9.47 Å². The predicted octanol–water partition coefficient (Wildman–Crippen LogP) is 10.8. The summed E-state index contributed by atoms with van der Waals surface area (Å²) in [5.41, 5.74) is 0. The summed E-state index contributed by atoms with van der Waals surface area (Å²) in [5, 5.41) is 54.2. The second kappa shape index (κ2) is 40.5. The summed E-state index contributed by atoms with van der Waals surface area (Å²) < 4.78 is 11.2. The van der Waals surface area contributed by atoms with Gasteiger partial charge >= 0.3 is 0 Å². The number of hydrogen-bond donors (Lipinski definition) is 6. The molecule has 0 spiro atoms. The lowest BCUT2D eigenvalue weighted by Gasteiger charge is -2.40. The first-order chi connectivity index (χ1) is 28.8. The molecule has 0 aromatic heterocycles. The highest BCUT2D eigenvalue weighted by Crippen LogP contribution is 2.23. The van der Waals surface area contributed by atoms with Crippen LogP contribution in [0.4, 0.5) is 0 Å². The fraction of sp³-hybridized carbons (Fsp3) is 0.860. The van der Waals surface area contributed by atoms with Crippen molar-refractivity contribution in [3.63, 3.8) is 0 Å². The van der Waals surface area contributed by atoms with E-state index in [9.17, 15) is 30.3 Å².